The van der Waals surface area contributed by atoms with Crippen LogP contribution in [0.15, 0.2) is 15.9 Å². The number of hydrogen-bond acceptors (Lipinski definition) is 5. The third kappa shape index (κ3) is 4.44. The number of hydrogen-bond donors (Lipinski definition) is 2. The van der Waals surface area contributed by atoms with Crippen LogP contribution < -0.4 is 10.6 Å². The Morgan fingerprint density at radius 3 is 2.89 bits per heavy atom. The maximum Gasteiger partial charge on any atom is 0.186 e. The van der Waals surface area contributed by atoms with Gasteiger partial charge in [-0.3, -0.25) is 9.69 Å². The van der Waals surface area contributed by atoms with Crippen LogP contribution in [0.3, 0.4) is 0 Å². The third-order valence-electron chi connectivity index (χ3n) is 2.95. The van der Waals surface area contributed by atoms with Gasteiger partial charge in [0.15, 0.2) is 5.78 Å². The van der Waals surface area contributed by atoms with Crippen LogP contribution in [0.1, 0.15) is 9.67 Å². The second-order valence-electron chi connectivity index (χ2n) is 4.30. The molecule has 0 aliphatic carbocycles. The Balaban J connectivity index is 1.61. The van der Waals surface area contributed by atoms with E-state index in [1.54, 1.807) is 0 Å². The molecule has 2 N–H and O–H groups in total. The van der Waals surface area contributed by atoms with E-state index in [4.69, 9.17) is 0 Å². The van der Waals surface area contributed by atoms with Crippen molar-refractivity contribution in [1.82, 2.24) is 15.5 Å². The molecule has 2 heterocycles. The van der Waals surface area contributed by atoms with Gasteiger partial charge >= 0.3 is 0 Å². The molecule has 1 aliphatic rings. The summed E-state index contributed by atoms with van der Waals surface area (Å²) in [5.74, 6) is 0.172. The van der Waals surface area contributed by atoms with Crippen molar-refractivity contribution in [3.8, 4) is 0 Å². The molecule has 18 heavy (non-hydrogen) atoms. The highest BCUT2D eigenvalue weighted by molar-refractivity contribution is 9.11. The molecule has 1 aromatic heterocycles. The highest BCUT2D eigenvalue weighted by Gasteiger charge is 2.10. The molecule has 0 radical (unpaired) electrons. The van der Waals surface area contributed by atoms with Gasteiger partial charge in [-0.1, -0.05) is 0 Å². The molecule has 0 amide bonds. The van der Waals surface area contributed by atoms with Crippen LogP contribution >= 0.6 is 27.3 Å². The smallest absolute Gasteiger partial charge is 0.186 e. The van der Waals surface area contributed by atoms with Crippen molar-refractivity contribution < 1.29 is 4.79 Å². The van der Waals surface area contributed by atoms with Crippen LogP contribution in [0.25, 0.3) is 0 Å². The monoisotopic (exact) mass is 331 g/mol. The fraction of sp³-hybridized carbons (Fsp3) is 0.583. The topological polar surface area (TPSA) is 44.4 Å². The molecule has 0 bridgehead atoms. The Morgan fingerprint density at radius 1 is 1.44 bits per heavy atom. The molecule has 4 nitrogen and oxygen atoms in total. The molecule has 0 atom stereocenters. The maximum atomic E-state index is 11.8. The van der Waals surface area contributed by atoms with Crippen LogP contribution in [0.2, 0.25) is 0 Å². The van der Waals surface area contributed by atoms with Crippen molar-refractivity contribution in [2.24, 2.45) is 0 Å². The molecule has 1 saturated heterocycles. The number of ketones is 1. The average molecular weight is 332 g/mol. The van der Waals surface area contributed by atoms with Crippen molar-refractivity contribution in [1.29, 1.82) is 0 Å². The van der Waals surface area contributed by atoms with Gasteiger partial charge in [-0.15, -0.1) is 11.3 Å². The molecule has 0 unspecified atom stereocenters. The van der Waals surface area contributed by atoms with Gasteiger partial charge in [-0.05, 0) is 28.1 Å². The number of carbonyl (C=O) groups is 1. The number of carbonyl (C=O) groups excluding carboxylic acids is 1. The Kier molecular flexibility index (Phi) is 5.78. The van der Waals surface area contributed by atoms with Gasteiger partial charge in [0.2, 0.25) is 0 Å². The first-order valence-corrected chi connectivity index (χ1v) is 7.79. The molecule has 2 rings (SSSR count). The molecule has 0 spiro atoms. The number of nitrogens with zero attached hydrogens (tertiary/aromatic N) is 1. The van der Waals surface area contributed by atoms with Gasteiger partial charge in [0.05, 0.1) is 15.2 Å². The quantitative estimate of drug-likeness (QED) is 0.607. The van der Waals surface area contributed by atoms with Gasteiger partial charge in [0.25, 0.3) is 0 Å². The molecular formula is C12H18BrN3OS. The summed E-state index contributed by atoms with van der Waals surface area (Å²) in [6.07, 6.45) is 0. The summed E-state index contributed by atoms with van der Waals surface area (Å²) in [7, 11) is 0. The Morgan fingerprint density at radius 2 is 2.22 bits per heavy atom. The van der Waals surface area contributed by atoms with Gasteiger partial charge in [-0.2, -0.15) is 0 Å². The zero-order valence-corrected chi connectivity index (χ0v) is 12.6. The molecule has 6 heteroatoms. The Labute approximate surface area is 120 Å². The van der Waals surface area contributed by atoms with Gasteiger partial charge < -0.3 is 10.6 Å². The van der Waals surface area contributed by atoms with E-state index in [1.807, 2.05) is 12.1 Å². The summed E-state index contributed by atoms with van der Waals surface area (Å²) in [5.41, 5.74) is 0. The van der Waals surface area contributed by atoms with E-state index in [-0.39, 0.29) is 5.78 Å². The first-order chi connectivity index (χ1) is 8.75. The first kappa shape index (κ1) is 14.1. The largest absolute Gasteiger partial charge is 0.314 e. The highest BCUT2D eigenvalue weighted by atomic mass is 79.9. The molecule has 0 aromatic carbocycles. The van der Waals surface area contributed by atoms with Crippen molar-refractivity contribution in [3.63, 3.8) is 0 Å². The number of rotatable bonds is 6. The normalized spacial score (nSPS) is 16.9. The lowest BCUT2D eigenvalue weighted by Crippen LogP contribution is -2.46. The molecule has 1 aromatic rings. The minimum atomic E-state index is 0.172. The summed E-state index contributed by atoms with van der Waals surface area (Å²) in [6.45, 7) is 6.67. The lowest BCUT2D eigenvalue weighted by Gasteiger charge is -2.27. The molecule has 1 fully saturated rings. The summed E-state index contributed by atoms with van der Waals surface area (Å²) in [5, 5.41) is 6.55. The summed E-state index contributed by atoms with van der Waals surface area (Å²) >= 11 is 4.86. The van der Waals surface area contributed by atoms with E-state index in [1.165, 1.54) is 11.3 Å². The minimum absolute atomic E-state index is 0.172. The molecular weight excluding hydrogens is 314 g/mol. The fourth-order valence-electron chi connectivity index (χ4n) is 1.93. The van der Waals surface area contributed by atoms with Crippen LogP contribution in [0.5, 0.6) is 0 Å². The highest BCUT2D eigenvalue weighted by Crippen LogP contribution is 2.22. The van der Waals surface area contributed by atoms with E-state index in [0.29, 0.717) is 6.54 Å². The standard InChI is InChI=1S/C12H18BrN3OS/c13-12-2-1-11(18-12)10(17)9-15-5-8-16-6-3-14-4-7-16/h1-2,14-15H,3-9H2. The predicted octanol–water partition coefficient (Wildman–Crippen LogP) is 1.19. The second kappa shape index (κ2) is 7.35. The lowest BCUT2D eigenvalue weighted by atomic mass is 10.3. The third-order valence-corrected chi connectivity index (χ3v) is 4.61. The predicted molar refractivity (Wildman–Crippen MR) is 78.5 cm³/mol. The summed E-state index contributed by atoms with van der Waals surface area (Å²) < 4.78 is 1.01. The number of thiophene rings is 1. The van der Waals surface area contributed by atoms with E-state index in [9.17, 15) is 4.79 Å². The Hall–Kier alpha value is -0.270. The van der Waals surface area contributed by atoms with Crippen molar-refractivity contribution in [2.75, 3.05) is 45.8 Å². The average Bonchev–Trinajstić information content (AvgIpc) is 2.82. The SMILES string of the molecule is O=C(CNCCN1CCNCC1)c1ccc(Br)s1. The number of piperazine rings is 1. The van der Waals surface area contributed by atoms with Crippen LogP contribution in [-0.4, -0.2) is 56.5 Å². The summed E-state index contributed by atoms with van der Waals surface area (Å²) in [4.78, 5) is 15.0. The first-order valence-electron chi connectivity index (χ1n) is 6.18. The molecule has 0 saturated carbocycles. The zero-order chi connectivity index (χ0) is 12.8. The lowest BCUT2D eigenvalue weighted by molar-refractivity contribution is 0.0993. The van der Waals surface area contributed by atoms with Crippen molar-refractivity contribution in [2.45, 2.75) is 0 Å². The number of nitrogens with one attached hydrogen (secondary N) is 2. The van der Waals surface area contributed by atoms with Crippen molar-refractivity contribution >= 4 is 33.0 Å². The second-order valence-corrected chi connectivity index (χ2v) is 6.76. The van der Waals surface area contributed by atoms with E-state index >= 15 is 0 Å². The van der Waals surface area contributed by atoms with E-state index < -0.39 is 0 Å². The van der Waals surface area contributed by atoms with Gasteiger partial charge in [0.1, 0.15) is 0 Å². The molecule has 100 valence electrons. The maximum absolute atomic E-state index is 11.8. The van der Waals surface area contributed by atoms with E-state index in [0.717, 1.165) is 47.9 Å². The fourth-order valence-corrected chi connectivity index (χ4v) is 3.25. The van der Waals surface area contributed by atoms with Gasteiger partial charge in [0, 0.05) is 39.3 Å². The zero-order valence-electron chi connectivity index (χ0n) is 10.2. The summed E-state index contributed by atoms with van der Waals surface area (Å²) in [6, 6.07) is 3.79. The number of Topliss-reactive ketones (excluding diaryl/α,β-unsaturated/α-hetero) is 1. The molecule has 1 aliphatic heterocycles. The van der Waals surface area contributed by atoms with E-state index in [2.05, 4.69) is 31.5 Å². The Bertz CT molecular complexity index is 390. The van der Waals surface area contributed by atoms with Gasteiger partial charge in [-0.25, -0.2) is 0 Å². The van der Waals surface area contributed by atoms with Crippen LogP contribution in [0.4, 0.5) is 0 Å². The van der Waals surface area contributed by atoms with Crippen molar-refractivity contribution in [3.05, 3.63) is 20.8 Å². The van der Waals surface area contributed by atoms with Crippen LogP contribution in [-0.2, 0) is 0 Å². The number of halogens is 1. The minimum Gasteiger partial charge on any atom is -0.314 e. The van der Waals surface area contributed by atoms with Crippen LogP contribution in [0, 0.1) is 0 Å².